The van der Waals surface area contributed by atoms with Crippen molar-refractivity contribution in [2.75, 3.05) is 24.2 Å². The van der Waals surface area contributed by atoms with E-state index in [-0.39, 0.29) is 47.7 Å². The summed E-state index contributed by atoms with van der Waals surface area (Å²) in [5, 5.41) is 6.17. The van der Waals surface area contributed by atoms with Gasteiger partial charge in [-0.1, -0.05) is 32.9 Å². The van der Waals surface area contributed by atoms with E-state index in [1.807, 2.05) is 27.7 Å². The van der Waals surface area contributed by atoms with Gasteiger partial charge >= 0.3 is 0 Å². The number of nitrogens with zero attached hydrogens (tertiary/aromatic N) is 2. The highest BCUT2D eigenvalue weighted by molar-refractivity contribution is 7.89. The van der Waals surface area contributed by atoms with Crippen LogP contribution in [0.15, 0.2) is 16.9 Å². The lowest BCUT2D eigenvalue weighted by Gasteiger charge is -2.37. The van der Waals surface area contributed by atoms with Crippen LogP contribution in [0, 0.1) is 22.7 Å². The van der Waals surface area contributed by atoms with Crippen molar-refractivity contribution < 1.29 is 22.5 Å². The third-order valence-corrected chi connectivity index (χ3v) is 8.90. The van der Waals surface area contributed by atoms with E-state index in [1.165, 1.54) is 16.6 Å². The maximum Gasteiger partial charge on any atom is 0.240 e. The van der Waals surface area contributed by atoms with Crippen molar-refractivity contribution in [2.45, 2.75) is 53.4 Å². The topological polar surface area (TPSA) is 110 Å². The molecule has 1 aromatic heterocycles. The van der Waals surface area contributed by atoms with Crippen LogP contribution < -0.4 is 5.32 Å². The number of hydrogen-bond acceptors (Lipinski definition) is 6. The number of anilines is 1. The van der Waals surface area contributed by atoms with Crippen LogP contribution in [0.25, 0.3) is 0 Å². The first-order valence-corrected chi connectivity index (χ1v) is 11.8. The van der Waals surface area contributed by atoms with Gasteiger partial charge in [0.1, 0.15) is 12.0 Å². The van der Waals surface area contributed by atoms with E-state index in [9.17, 15) is 18.0 Å². The molecule has 0 aliphatic heterocycles. The van der Waals surface area contributed by atoms with E-state index in [0.717, 1.165) is 6.42 Å². The van der Waals surface area contributed by atoms with Crippen molar-refractivity contribution in [3.8, 4) is 0 Å². The molecule has 2 saturated carbocycles. The summed E-state index contributed by atoms with van der Waals surface area (Å²) in [7, 11) is -3.82. The first-order chi connectivity index (χ1) is 13.5. The van der Waals surface area contributed by atoms with Crippen LogP contribution >= 0.6 is 0 Å². The lowest BCUT2D eigenvalue weighted by atomic mass is 9.70. The third kappa shape index (κ3) is 4.12. The second-order valence-electron chi connectivity index (χ2n) is 9.37. The highest BCUT2D eigenvalue weighted by Gasteiger charge is 2.65. The van der Waals surface area contributed by atoms with Gasteiger partial charge in [0, 0.05) is 24.4 Å². The second kappa shape index (κ2) is 7.83. The number of ketones is 1. The fraction of sp³-hybridized carbons (Fsp3) is 0.750. The number of nitrogens with one attached hydrogen (secondary N) is 1. The summed E-state index contributed by atoms with van der Waals surface area (Å²) in [6.07, 6.45) is 3.90. The number of Topliss-reactive ketones (excluding diaryl/α,β-unsaturated/α-hetero) is 1. The average molecular weight is 426 g/mol. The zero-order valence-electron chi connectivity index (χ0n) is 17.6. The summed E-state index contributed by atoms with van der Waals surface area (Å²) in [5.74, 6) is 0.107. The Balaban J connectivity index is 1.80. The zero-order valence-corrected chi connectivity index (χ0v) is 18.4. The Hall–Kier alpha value is -1.74. The lowest BCUT2D eigenvalue weighted by Crippen LogP contribution is -2.48. The van der Waals surface area contributed by atoms with Gasteiger partial charge in [-0.15, -0.1) is 0 Å². The van der Waals surface area contributed by atoms with Crippen molar-refractivity contribution in [1.82, 2.24) is 9.46 Å². The molecule has 0 saturated heterocycles. The number of hydrogen-bond donors (Lipinski definition) is 1. The predicted octanol–water partition coefficient (Wildman–Crippen LogP) is 2.69. The highest BCUT2D eigenvalue weighted by Crippen LogP contribution is 2.64. The molecular weight excluding hydrogens is 394 g/mol. The minimum absolute atomic E-state index is 0.0539. The molecule has 29 heavy (non-hydrogen) atoms. The van der Waals surface area contributed by atoms with Gasteiger partial charge in [0.2, 0.25) is 15.9 Å². The number of carbonyl (C=O) groups is 2. The molecule has 162 valence electrons. The van der Waals surface area contributed by atoms with E-state index < -0.39 is 21.3 Å². The Morgan fingerprint density at radius 2 is 2.14 bits per heavy atom. The van der Waals surface area contributed by atoms with Gasteiger partial charge in [-0.3, -0.25) is 9.59 Å². The smallest absolute Gasteiger partial charge is 0.240 e. The van der Waals surface area contributed by atoms with Crippen LogP contribution in [0.5, 0.6) is 0 Å². The monoisotopic (exact) mass is 425 g/mol. The van der Waals surface area contributed by atoms with Crippen LogP contribution in [0.4, 0.5) is 5.82 Å². The number of carbonyl (C=O) groups excluding carboxylic acids is 2. The maximum absolute atomic E-state index is 13.4. The van der Waals surface area contributed by atoms with Crippen molar-refractivity contribution in [3.05, 3.63) is 12.3 Å². The molecule has 8 nitrogen and oxygen atoms in total. The Morgan fingerprint density at radius 3 is 2.66 bits per heavy atom. The molecule has 2 atom stereocenters. The molecular formula is C20H31N3O5S. The van der Waals surface area contributed by atoms with Crippen molar-refractivity contribution in [2.24, 2.45) is 22.7 Å². The summed E-state index contributed by atoms with van der Waals surface area (Å²) in [6.45, 7) is 7.96. The van der Waals surface area contributed by atoms with Crippen molar-refractivity contribution in [3.63, 3.8) is 0 Å². The van der Waals surface area contributed by atoms with E-state index in [4.69, 9.17) is 0 Å². The Morgan fingerprint density at radius 1 is 1.41 bits per heavy atom. The van der Waals surface area contributed by atoms with Gasteiger partial charge in [-0.05, 0) is 36.5 Å². The first-order valence-electron chi connectivity index (χ1n) is 10.2. The van der Waals surface area contributed by atoms with Crippen LogP contribution in [0.3, 0.4) is 0 Å². The standard InChI is InChI=1S/C20H31N3O5S/c1-14(2)6-9-23(12-18(25)21-17-7-10-28-22-17)29(26,27)13-20-8-5-15(11-16(20)24)19(20,3)4/h7,10,14-15H,5-6,8-9,11-13H2,1-4H3,(H,21,22,25)/t15-,20+/m0/s1. The van der Waals surface area contributed by atoms with Crippen LogP contribution in [0.2, 0.25) is 0 Å². The number of amides is 1. The molecule has 1 amide bonds. The summed E-state index contributed by atoms with van der Waals surface area (Å²) in [4.78, 5) is 25.2. The number of fused-ring (bicyclic) bond motifs is 2. The third-order valence-electron chi connectivity index (χ3n) is 6.94. The van der Waals surface area contributed by atoms with Gasteiger partial charge in [-0.25, -0.2) is 8.42 Å². The van der Waals surface area contributed by atoms with Gasteiger partial charge in [0.25, 0.3) is 0 Å². The molecule has 2 aliphatic rings. The maximum atomic E-state index is 13.4. The van der Waals surface area contributed by atoms with E-state index in [0.29, 0.717) is 19.3 Å². The van der Waals surface area contributed by atoms with Gasteiger partial charge in [-0.2, -0.15) is 4.31 Å². The largest absolute Gasteiger partial charge is 0.363 e. The second-order valence-corrected chi connectivity index (χ2v) is 11.3. The molecule has 2 aliphatic carbocycles. The van der Waals surface area contributed by atoms with Crippen LogP contribution in [0.1, 0.15) is 53.4 Å². The lowest BCUT2D eigenvalue weighted by molar-refractivity contribution is -0.128. The highest BCUT2D eigenvalue weighted by atomic mass is 32.2. The number of aromatic nitrogens is 1. The normalized spacial score (nSPS) is 25.9. The van der Waals surface area contributed by atoms with Gasteiger partial charge in [0.05, 0.1) is 12.3 Å². The first kappa shape index (κ1) is 22.0. The molecule has 2 fully saturated rings. The Kier molecular flexibility index (Phi) is 5.93. The van der Waals surface area contributed by atoms with Crippen molar-refractivity contribution in [1.29, 1.82) is 0 Å². The molecule has 1 N–H and O–H groups in total. The molecule has 3 rings (SSSR count). The van der Waals surface area contributed by atoms with Crippen LogP contribution in [-0.4, -0.2) is 48.4 Å². The van der Waals surface area contributed by atoms with E-state index in [2.05, 4.69) is 15.0 Å². The zero-order chi connectivity index (χ0) is 21.4. The average Bonchev–Trinajstić information content (AvgIpc) is 3.24. The van der Waals surface area contributed by atoms with Gasteiger partial charge in [0.15, 0.2) is 5.82 Å². The quantitative estimate of drug-likeness (QED) is 0.651. The Bertz CT molecular complexity index is 863. The van der Waals surface area contributed by atoms with E-state index >= 15 is 0 Å². The van der Waals surface area contributed by atoms with Crippen molar-refractivity contribution >= 4 is 27.5 Å². The molecule has 0 aromatic carbocycles. The fourth-order valence-electron chi connectivity index (χ4n) is 4.85. The Labute approximate surface area is 172 Å². The summed E-state index contributed by atoms with van der Waals surface area (Å²) in [5.41, 5.74) is -1.20. The van der Waals surface area contributed by atoms with Crippen LogP contribution in [-0.2, 0) is 19.6 Å². The number of sulfonamides is 1. The fourth-order valence-corrected chi connectivity index (χ4v) is 7.03. The predicted molar refractivity (Wildman–Crippen MR) is 109 cm³/mol. The summed E-state index contributed by atoms with van der Waals surface area (Å²) < 4.78 is 32.7. The summed E-state index contributed by atoms with van der Waals surface area (Å²) in [6, 6.07) is 1.49. The molecule has 0 radical (unpaired) electrons. The number of rotatable bonds is 9. The SMILES string of the molecule is CC(C)CCN(CC(=O)Nc1ccon1)S(=O)(=O)C[C@]12CC[C@@H](CC1=O)C2(C)C. The molecule has 0 spiro atoms. The molecule has 9 heteroatoms. The minimum Gasteiger partial charge on any atom is -0.363 e. The molecule has 1 heterocycles. The summed E-state index contributed by atoms with van der Waals surface area (Å²) >= 11 is 0. The molecule has 0 unspecified atom stereocenters. The minimum atomic E-state index is -3.82. The molecule has 2 bridgehead atoms. The van der Waals surface area contributed by atoms with E-state index in [1.54, 1.807) is 0 Å². The van der Waals surface area contributed by atoms with Gasteiger partial charge < -0.3 is 9.84 Å². The molecule has 1 aromatic rings.